The second-order valence-electron chi connectivity index (χ2n) is 7.81. The maximum Gasteiger partial charge on any atom is 0.255 e. The van der Waals surface area contributed by atoms with Crippen LogP contribution in [0.1, 0.15) is 57.5 Å². The van der Waals surface area contributed by atoms with Gasteiger partial charge in [0, 0.05) is 13.6 Å². The average Bonchev–Trinajstić information content (AvgIpc) is 3.41. The van der Waals surface area contributed by atoms with E-state index in [0.717, 1.165) is 48.3 Å². The summed E-state index contributed by atoms with van der Waals surface area (Å²) in [5, 5.41) is 3.28. The number of hydrogen-bond donors (Lipinski definition) is 1. The lowest BCUT2D eigenvalue weighted by Crippen LogP contribution is -2.44. The first-order valence-corrected chi connectivity index (χ1v) is 9.67. The summed E-state index contributed by atoms with van der Waals surface area (Å²) < 4.78 is 11.0. The minimum atomic E-state index is -0.450. The van der Waals surface area contributed by atoms with Crippen LogP contribution in [0.3, 0.4) is 0 Å². The van der Waals surface area contributed by atoms with E-state index in [1.807, 2.05) is 30.3 Å². The third-order valence-corrected chi connectivity index (χ3v) is 6.10. The van der Waals surface area contributed by atoms with Gasteiger partial charge >= 0.3 is 0 Å². The Morgan fingerprint density at radius 3 is 2.71 bits per heavy atom. The lowest BCUT2D eigenvalue weighted by Gasteiger charge is -2.31. The largest absolute Gasteiger partial charge is 0.454 e. The summed E-state index contributed by atoms with van der Waals surface area (Å²) in [6.07, 6.45) is 3.81. The number of benzene rings is 2. The Kier molecular flexibility index (Phi) is 3.82. The summed E-state index contributed by atoms with van der Waals surface area (Å²) in [6, 6.07) is 11.4. The van der Waals surface area contributed by atoms with Crippen molar-refractivity contribution in [3.63, 3.8) is 0 Å². The molecule has 0 radical (unpaired) electrons. The van der Waals surface area contributed by atoms with Gasteiger partial charge in [-0.1, -0.05) is 31.0 Å². The van der Waals surface area contributed by atoms with E-state index in [9.17, 15) is 9.59 Å². The highest BCUT2D eigenvalue weighted by molar-refractivity contribution is 6.09. The highest BCUT2D eigenvalue weighted by Crippen LogP contribution is 2.43. The van der Waals surface area contributed by atoms with Gasteiger partial charge in [-0.3, -0.25) is 9.59 Å². The highest BCUT2D eigenvalue weighted by Gasteiger charge is 2.39. The molecule has 1 aliphatic carbocycles. The van der Waals surface area contributed by atoms with Gasteiger partial charge in [-0.2, -0.15) is 0 Å². The van der Waals surface area contributed by atoms with Crippen LogP contribution >= 0.6 is 0 Å². The van der Waals surface area contributed by atoms with Gasteiger partial charge in [-0.15, -0.1) is 0 Å². The van der Waals surface area contributed by atoms with Crippen molar-refractivity contribution in [2.75, 3.05) is 13.8 Å². The summed E-state index contributed by atoms with van der Waals surface area (Å²) in [4.78, 5) is 27.5. The van der Waals surface area contributed by atoms with Crippen molar-refractivity contribution in [2.24, 2.45) is 0 Å². The zero-order valence-electron chi connectivity index (χ0n) is 15.8. The highest BCUT2D eigenvalue weighted by atomic mass is 16.7. The Balaban J connectivity index is 1.50. The summed E-state index contributed by atoms with van der Waals surface area (Å²) >= 11 is 0. The van der Waals surface area contributed by atoms with E-state index in [4.69, 9.17) is 9.47 Å². The molecule has 2 aliphatic heterocycles. The van der Waals surface area contributed by atoms with Crippen LogP contribution in [0, 0.1) is 0 Å². The van der Waals surface area contributed by atoms with Gasteiger partial charge in [0.05, 0.1) is 16.7 Å². The molecule has 0 unspecified atom stereocenters. The van der Waals surface area contributed by atoms with Crippen LogP contribution < -0.4 is 14.8 Å². The van der Waals surface area contributed by atoms with E-state index in [0.29, 0.717) is 17.7 Å². The van der Waals surface area contributed by atoms with Gasteiger partial charge in [0.15, 0.2) is 11.5 Å². The molecule has 144 valence electrons. The topological polar surface area (TPSA) is 67.9 Å². The first-order valence-electron chi connectivity index (χ1n) is 9.67. The van der Waals surface area contributed by atoms with Crippen LogP contribution in [0.5, 0.6) is 11.5 Å². The monoisotopic (exact) mass is 378 g/mol. The summed E-state index contributed by atoms with van der Waals surface area (Å²) in [5.74, 6) is 1.16. The van der Waals surface area contributed by atoms with E-state index in [1.54, 1.807) is 18.0 Å². The molecule has 0 atom stereocenters. The van der Waals surface area contributed by atoms with Crippen molar-refractivity contribution < 1.29 is 19.1 Å². The zero-order valence-corrected chi connectivity index (χ0v) is 15.8. The maximum atomic E-state index is 13.3. The van der Waals surface area contributed by atoms with Crippen LogP contribution in [0.4, 0.5) is 0 Å². The zero-order chi connectivity index (χ0) is 19.3. The molecule has 28 heavy (non-hydrogen) atoms. The molecule has 2 aromatic carbocycles. The number of ether oxygens (including phenoxy) is 2. The molecule has 6 nitrogen and oxygen atoms in total. The number of nitrogens with zero attached hydrogens (tertiary/aromatic N) is 1. The molecule has 3 aliphatic rings. The van der Waals surface area contributed by atoms with Gasteiger partial charge in [-0.25, -0.2) is 0 Å². The van der Waals surface area contributed by atoms with Crippen LogP contribution in [0.25, 0.3) is 0 Å². The third-order valence-electron chi connectivity index (χ3n) is 6.10. The predicted molar refractivity (Wildman–Crippen MR) is 102 cm³/mol. The predicted octanol–water partition coefficient (Wildman–Crippen LogP) is 3.20. The van der Waals surface area contributed by atoms with Crippen LogP contribution in [-0.2, 0) is 12.1 Å². The van der Waals surface area contributed by atoms with Crippen molar-refractivity contribution >= 4 is 11.8 Å². The molecule has 0 aromatic heterocycles. The molecule has 0 bridgehead atoms. The minimum Gasteiger partial charge on any atom is -0.454 e. The van der Waals surface area contributed by atoms with Crippen molar-refractivity contribution in [3.05, 3.63) is 58.7 Å². The molecule has 5 rings (SSSR count). The molecule has 2 heterocycles. The number of carbonyl (C=O) groups excluding carboxylic acids is 2. The lowest BCUT2D eigenvalue weighted by molar-refractivity contribution is 0.0805. The van der Waals surface area contributed by atoms with E-state index in [1.165, 1.54) is 0 Å². The molecular weight excluding hydrogens is 356 g/mol. The van der Waals surface area contributed by atoms with Gasteiger partial charge in [0.25, 0.3) is 11.8 Å². The number of hydrogen-bond acceptors (Lipinski definition) is 4. The van der Waals surface area contributed by atoms with Crippen LogP contribution in [-0.4, -0.2) is 30.6 Å². The molecule has 1 N–H and O–H groups in total. The van der Waals surface area contributed by atoms with Crippen molar-refractivity contribution in [1.29, 1.82) is 0 Å². The third kappa shape index (κ3) is 2.55. The number of carbonyl (C=O) groups is 2. The molecule has 2 aromatic rings. The quantitative estimate of drug-likeness (QED) is 0.891. The van der Waals surface area contributed by atoms with E-state index in [-0.39, 0.29) is 18.6 Å². The molecule has 0 saturated heterocycles. The maximum absolute atomic E-state index is 13.3. The summed E-state index contributed by atoms with van der Waals surface area (Å²) in [5.41, 5.74) is 2.47. The Morgan fingerprint density at radius 1 is 1.11 bits per heavy atom. The number of rotatable bonds is 3. The molecule has 6 heteroatoms. The SMILES string of the molecule is CN1Cc2cccc(C(=O)NC3(c4ccc5c(c4)OCO5)CCCC3)c2C1=O. The standard InChI is InChI=1S/C22H22N2O4/c1-24-12-14-5-4-6-16(19(14)21(24)26)20(25)23-22(9-2-3-10-22)15-7-8-17-18(11-15)28-13-27-17/h4-8,11H,2-3,9-10,12-13H2,1H3,(H,23,25). The first-order chi connectivity index (χ1) is 13.6. The first kappa shape index (κ1) is 17.1. The summed E-state index contributed by atoms with van der Waals surface area (Å²) in [6.45, 7) is 0.770. The van der Waals surface area contributed by atoms with Crippen LogP contribution in [0.15, 0.2) is 36.4 Å². The number of fused-ring (bicyclic) bond motifs is 2. The Hall–Kier alpha value is -3.02. The number of amides is 2. The minimum absolute atomic E-state index is 0.0932. The van der Waals surface area contributed by atoms with Crippen molar-refractivity contribution in [1.82, 2.24) is 10.2 Å². The average molecular weight is 378 g/mol. The van der Waals surface area contributed by atoms with Gasteiger partial charge in [-0.05, 0) is 42.2 Å². The van der Waals surface area contributed by atoms with Gasteiger partial charge < -0.3 is 19.7 Å². The van der Waals surface area contributed by atoms with Gasteiger partial charge in [0.1, 0.15) is 0 Å². The molecule has 2 amide bonds. The second-order valence-corrected chi connectivity index (χ2v) is 7.81. The molecular formula is C22H22N2O4. The Morgan fingerprint density at radius 2 is 1.89 bits per heavy atom. The Bertz CT molecular complexity index is 978. The lowest BCUT2D eigenvalue weighted by atomic mass is 9.87. The molecule has 0 spiro atoms. The Labute approximate surface area is 163 Å². The van der Waals surface area contributed by atoms with E-state index in [2.05, 4.69) is 5.32 Å². The van der Waals surface area contributed by atoms with Crippen molar-refractivity contribution in [3.8, 4) is 11.5 Å². The number of nitrogens with one attached hydrogen (secondary N) is 1. The summed E-state index contributed by atoms with van der Waals surface area (Å²) in [7, 11) is 1.76. The fourth-order valence-corrected chi connectivity index (χ4v) is 4.64. The van der Waals surface area contributed by atoms with E-state index < -0.39 is 5.54 Å². The fourth-order valence-electron chi connectivity index (χ4n) is 4.64. The normalized spacial score (nSPS) is 19.0. The van der Waals surface area contributed by atoms with Gasteiger partial charge in [0.2, 0.25) is 6.79 Å². The molecule has 1 fully saturated rings. The van der Waals surface area contributed by atoms with Crippen molar-refractivity contribution in [2.45, 2.75) is 37.8 Å². The fraction of sp³-hybridized carbons (Fsp3) is 0.364. The van der Waals surface area contributed by atoms with E-state index >= 15 is 0 Å². The smallest absolute Gasteiger partial charge is 0.255 e. The molecule has 1 saturated carbocycles. The van der Waals surface area contributed by atoms with Crippen LogP contribution in [0.2, 0.25) is 0 Å². The second kappa shape index (κ2) is 6.26.